The van der Waals surface area contributed by atoms with E-state index in [-0.39, 0.29) is 3.71 Å². The molecule has 0 unspecified atom stereocenters. The lowest BCUT2D eigenvalue weighted by Crippen LogP contribution is -2.37. The molecule has 0 N–H and O–H groups in total. The summed E-state index contributed by atoms with van der Waals surface area (Å²) >= 11 is 0. The highest BCUT2D eigenvalue weighted by Gasteiger charge is 2.32. The van der Waals surface area contributed by atoms with Gasteiger partial charge in [0, 0.05) is 17.7 Å². The molecular formula is C8H13NO5S2. The van der Waals surface area contributed by atoms with Gasteiger partial charge in [0.05, 0.1) is 0 Å². The lowest BCUT2D eigenvalue weighted by atomic mass is 10.8. The Labute approximate surface area is 95.7 Å². The number of amides is 1. The van der Waals surface area contributed by atoms with E-state index < -0.39 is 26.0 Å². The fraction of sp³-hybridized carbons (Fsp3) is 0.125. The molecule has 0 saturated carbocycles. The fourth-order valence-electron chi connectivity index (χ4n) is 0.639. The lowest BCUT2D eigenvalue weighted by Gasteiger charge is -2.15. The highest BCUT2D eigenvalue weighted by molar-refractivity contribution is 8.07. The van der Waals surface area contributed by atoms with Crippen molar-refractivity contribution in [1.82, 2.24) is 3.71 Å². The molecule has 0 spiro atoms. The van der Waals surface area contributed by atoms with Gasteiger partial charge in [-0.15, -0.1) is 16.9 Å². The molecule has 8 heteroatoms. The van der Waals surface area contributed by atoms with Crippen molar-refractivity contribution in [2.75, 3.05) is 0 Å². The van der Waals surface area contributed by atoms with Gasteiger partial charge in [-0.25, -0.2) is 16.8 Å². The Bertz CT molecular complexity index is 437. The molecule has 0 saturated heterocycles. The van der Waals surface area contributed by atoms with Gasteiger partial charge in [0.2, 0.25) is 5.91 Å². The fourth-order valence-corrected chi connectivity index (χ4v) is 3.15. The van der Waals surface area contributed by atoms with E-state index in [2.05, 4.69) is 26.3 Å². The van der Waals surface area contributed by atoms with Crippen LogP contribution in [0.4, 0.5) is 0 Å². The average Bonchev–Trinajstić information content (AvgIpc) is 2.19. The van der Waals surface area contributed by atoms with Gasteiger partial charge in [0.1, 0.15) is 0 Å². The van der Waals surface area contributed by atoms with Crippen LogP contribution >= 0.6 is 0 Å². The van der Waals surface area contributed by atoms with Crippen molar-refractivity contribution < 1.29 is 21.6 Å². The number of hydrogen-bond donors (Lipinski definition) is 0. The number of carbonyl (C=O) groups is 1. The predicted octanol–water partition coefficient (Wildman–Crippen LogP) is 0.584. The Balaban J connectivity index is 0. The minimum atomic E-state index is -4.34. The summed E-state index contributed by atoms with van der Waals surface area (Å²) < 4.78 is 44.1. The number of sulfonamides is 2. The normalized spacial score (nSPS) is 10.6. The van der Waals surface area contributed by atoms with Gasteiger partial charge in [-0.05, 0) is 0 Å². The maximum absolute atomic E-state index is 11.1. The third-order valence-corrected chi connectivity index (χ3v) is 4.67. The SMILES string of the molecule is C=C.C=CS(=O)(=O)N(C(C)=O)S(=O)(=O)C=C. The largest absolute Gasteiger partial charge is 0.273 e. The van der Waals surface area contributed by atoms with Crippen LogP contribution in [0.15, 0.2) is 37.1 Å². The van der Waals surface area contributed by atoms with Gasteiger partial charge in [-0.2, -0.15) is 0 Å². The van der Waals surface area contributed by atoms with E-state index in [9.17, 15) is 21.6 Å². The molecule has 6 nitrogen and oxygen atoms in total. The van der Waals surface area contributed by atoms with Gasteiger partial charge >= 0.3 is 0 Å². The molecule has 0 aliphatic carbocycles. The molecule has 0 heterocycles. The third-order valence-electron chi connectivity index (χ3n) is 1.14. The lowest BCUT2D eigenvalue weighted by molar-refractivity contribution is -0.121. The number of nitrogens with zero attached hydrogens (tertiary/aromatic N) is 1. The van der Waals surface area contributed by atoms with E-state index >= 15 is 0 Å². The van der Waals surface area contributed by atoms with Crippen LogP contribution in [0.25, 0.3) is 0 Å². The zero-order valence-corrected chi connectivity index (χ0v) is 10.4. The molecule has 0 aromatic rings. The molecule has 1 amide bonds. The average molecular weight is 267 g/mol. The molecule has 0 radical (unpaired) electrons. The Morgan fingerprint density at radius 3 is 1.38 bits per heavy atom. The van der Waals surface area contributed by atoms with Crippen molar-refractivity contribution in [2.24, 2.45) is 0 Å². The van der Waals surface area contributed by atoms with Crippen LogP contribution in [0.2, 0.25) is 0 Å². The van der Waals surface area contributed by atoms with Gasteiger partial charge in [-0.3, -0.25) is 4.79 Å². The van der Waals surface area contributed by atoms with Crippen molar-refractivity contribution in [1.29, 1.82) is 0 Å². The first kappa shape index (κ1) is 17.0. The van der Waals surface area contributed by atoms with Crippen molar-refractivity contribution in [3.63, 3.8) is 0 Å². The van der Waals surface area contributed by atoms with Crippen LogP contribution in [-0.2, 0) is 24.8 Å². The minimum absolute atomic E-state index is 0.278. The highest BCUT2D eigenvalue weighted by atomic mass is 32.3. The molecule has 92 valence electrons. The summed E-state index contributed by atoms with van der Waals surface area (Å²) in [5.74, 6) is -1.15. The van der Waals surface area contributed by atoms with Crippen LogP contribution in [0.5, 0.6) is 0 Å². The molecular weight excluding hydrogens is 254 g/mol. The molecule has 0 fully saturated rings. The van der Waals surface area contributed by atoms with Gasteiger partial charge in [-0.1, -0.05) is 13.2 Å². The number of carbonyl (C=O) groups excluding carboxylic acids is 1. The van der Waals surface area contributed by atoms with E-state index in [0.717, 1.165) is 6.92 Å². The summed E-state index contributed by atoms with van der Waals surface area (Å²) in [5.41, 5.74) is 0. The zero-order valence-electron chi connectivity index (χ0n) is 8.79. The quantitative estimate of drug-likeness (QED) is 0.695. The topological polar surface area (TPSA) is 88.6 Å². The minimum Gasteiger partial charge on any atom is -0.273 e. The van der Waals surface area contributed by atoms with E-state index in [1.807, 2.05) is 0 Å². The monoisotopic (exact) mass is 267 g/mol. The van der Waals surface area contributed by atoms with Crippen LogP contribution in [0.3, 0.4) is 0 Å². The van der Waals surface area contributed by atoms with E-state index in [4.69, 9.17) is 0 Å². The summed E-state index contributed by atoms with van der Waals surface area (Å²) in [6, 6.07) is 0. The van der Waals surface area contributed by atoms with Crippen LogP contribution in [0.1, 0.15) is 6.92 Å². The second-order valence-corrected chi connectivity index (χ2v) is 5.83. The van der Waals surface area contributed by atoms with Gasteiger partial charge in [0.15, 0.2) is 0 Å². The maximum Gasteiger partial charge on any atom is 0.272 e. The molecule has 0 atom stereocenters. The maximum atomic E-state index is 11.1. The van der Waals surface area contributed by atoms with E-state index in [1.54, 1.807) is 0 Å². The summed E-state index contributed by atoms with van der Waals surface area (Å²) in [6.07, 6.45) is 0. The molecule has 0 aliphatic rings. The van der Waals surface area contributed by atoms with Gasteiger partial charge in [0.25, 0.3) is 20.0 Å². The van der Waals surface area contributed by atoms with Crippen LogP contribution in [-0.4, -0.2) is 26.5 Å². The molecule has 16 heavy (non-hydrogen) atoms. The second kappa shape index (κ2) is 6.23. The zero-order chi connectivity index (χ0) is 13.6. The summed E-state index contributed by atoms with van der Waals surface area (Å²) in [6.45, 7) is 12.6. The Morgan fingerprint density at radius 1 is 1.00 bits per heavy atom. The van der Waals surface area contributed by atoms with Crippen molar-refractivity contribution in [2.45, 2.75) is 6.92 Å². The standard InChI is InChI=1S/C6H9NO5S2.C2H4/c1-4-13(9,10)7(6(3)8)14(11,12)5-2;1-2/h4-5H,1-2H2,3H3;1-2H2. The Kier molecular flexibility index (Phi) is 6.62. The smallest absolute Gasteiger partial charge is 0.272 e. The Hall–Kier alpha value is -1.41. The molecule has 0 aromatic heterocycles. The van der Waals surface area contributed by atoms with E-state index in [1.165, 1.54) is 0 Å². The summed E-state index contributed by atoms with van der Waals surface area (Å²) in [7, 11) is -8.68. The summed E-state index contributed by atoms with van der Waals surface area (Å²) in [5, 5.41) is 0.741. The number of rotatable bonds is 4. The second-order valence-electron chi connectivity index (χ2n) is 2.14. The number of hydrogen-bond acceptors (Lipinski definition) is 5. The first-order valence-electron chi connectivity index (χ1n) is 3.75. The van der Waals surface area contributed by atoms with Gasteiger partial charge < -0.3 is 0 Å². The highest BCUT2D eigenvalue weighted by Crippen LogP contribution is 2.11. The Morgan fingerprint density at radius 2 is 1.25 bits per heavy atom. The van der Waals surface area contributed by atoms with Crippen LogP contribution < -0.4 is 0 Å². The predicted molar refractivity (Wildman–Crippen MR) is 62.0 cm³/mol. The molecule has 0 bridgehead atoms. The van der Waals surface area contributed by atoms with E-state index in [0.29, 0.717) is 10.8 Å². The van der Waals surface area contributed by atoms with Crippen molar-refractivity contribution in [3.05, 3.63) is 37.1 Å². The first-order chi connectivity index (χ1) is 7.19. The van der Waals surface area contributed by atoms with Crippen LogP contribution in [0, 0.1) is 0 Å². The van der Waals surface area contributed by atoms with Crippen molar-refractivity contribution >= 4 is 26.0 Å². The molecule has 0 aromatic carbocycles. The molecule has 0 aliphatic heterocycles. The first-order valence-corrected chi connectivity index (χ1v) is 6.75. The summed E-state index contributed by atoms with van der Waals surface area (Å²) in [4.78, 5) is 10.8. The molecule has 0 rings (SSSR count). The third kappa shape index (κ3) is 3.99. The van der Waals surface area contributed by atoms with Crippen molar-refractivity contribution in [3.8, 4) is 0 Å².